The summed E-state index contributed by atoms with van der Waals surface area (Å²) in [5, 5.41) is 13.1. The van der Waals surface area contributed by atoms with E-state index in [2.05, 4.69) is 6.07 Å². The Kier molecular flexibility index (Phi) is 3.61. The molecule has 0 saturated carbocycles. The van der Waals surface area contributed by atoms with E-state index in [0.717, 1.165) is 16.3 Å². The second kappa shape index (κ2) is 5.30. The fourth-order valence-electron chi connectivity index (χ4n) is 2.93. The van der Waals surface area contributed by atoms with Crippen LogP contribution in [0.4, 0.5) is 0 Å². The average Bonchev–Trinajstić information content (AvgIpc) is 2.81. The number of hydrogen-bond acceptors (Lipinski definition) is 3. The number of aliphatic hydroxyl groups is 1. The molecule has 0 bridgehead atoms. The lowest BCUT2D eigenvalue weighted by atomic mass is 10.0. The standard InChI is InChI=1S/C16H17ClN2O2/c17-13-7-11-3-1-2-4-14(11)12(8-13)9-19-6-5-16(21,10-19)15(18)20/h1-4,7-8,21H,5-6,9-10H2,(H2,18,20). The van der Waals surface area contributed by atoms with Gasteiger partial charge in [-0.2, -0.15) is 0 Å². The summed E-state index contributed by atoms with van der Waals surface area (Å²) in [4.78, 5) is 13.3. The minimum atomic E-state index is -1.41. The van der Waals surface area contributed by atoms with Crippen LogP contribution in [0.1, 0.15) is 12.0 Å². The first kappa shape index (κ1) is 14.3. The number of fused-ring (bicyclic) bond motifs is 1. The first-order valence-corrected chi connectivity index (χ1v) is 7.27. The van der Waals surface area contributed by atoms with Gasteiger partial charge >= 0.3 is 0 Å². The zero-order valence-electron chi connectivity index (χ0n) is 11.6. The van der Waals surface area contributed by atoms with Crippen LogP contribution in [0.3, 0.4) is 0 Å². The van der Waals surface area contributed by atoms with Crippen LogP contribution < -0.4 is 5.73 Å². The maximum absolute atomic E-state index is 11.3. The van der Waals surface area contributed by atoms with Gasteiger partial charge in [-0.1, -0.05) is 35.9 Å². The highest BCUT2D eigenvalue weighted by Gasteiger charge is 2.41. The van der Waals surface area contributed by atoms with Crippen molar-refractivity contribution in [2.45, 2.75) is 18.6 Å². The summed E-state index contributed by atoms with van der Waals surface area (Å²) in [6.07, 6.45) is 0.376. The number of amides is 1. The number of rotatable bonds is 3. The summed E-state index contributed by atoms with van der Waals surface area (Å²) < 4.78 is 0. The average molecular weight is 305 g/mol. The van der Waals surface area contributed by atoms with Crippen molar-refractivity contribution in [1.29, 1.82) is 0 Å². The van der Waals surface area contributed by atoms with Crippen molar-refractivity contribution in [3.8, 4) is 0 Å². The Hall–Kier alpha value is -1.62. The summed E-state index contributed by atoms with van der Waals surface area (Å²) in [5.41, 5.74) is 4.95. The number of β-amino-alcohol motifs (C(OH)–C–C–N with tert-alkyl or cyclic N) is 1. The van der Waals surface area contributed by atoms with Gasteiger partial charge in [-0.05, 0) is 34.9 Å². The van der Waals surface area contributed by atoms with Gasteiger partial charge in [0.25, 0.3) is 5.91 Å². The van der Waals surface area contributed by atoms with E-state index in [9.17, 15) is 9.90 Å². The molecule has 0 spiro atoms. The smallest absolute Gasteiger partial charge is 0.250 e. The number of nitrogens with two attached hydrogens (primary N) is 1. The third kappa shape index (κ3) is 2.75. The largest absolute Gasteiger partial charge is 0.379 e. The molecular formula is C16H17ClN2O2. The summed E-state index contributed by atoms with van der Waals surface area (Å²) in [5.74, 6) is -0.652. The SMILES string of the molecule is NC(=O)C1(O)CCN(Cc2cc(Cl)cc3ccccc23)C1. The van der Waals surface area contributed by atoms with Gasteiger partial charge in [-0.15, -0.1) is 0 Å². The van der Waals surface area contributed by atoms with E-state index in [1.54, 1.807) is 0 Å². The molecule has 3 N–H and O–H groups in total. The summed E-state index contributed by atoms with van der Waals surface area (Å²) in [6.45, 7) is 1.54. The number of carbonyl (C=O) groups excluding carboxylic acids is 1. The van der Waals surface area contributed by atoms with Crippen LogP contribution in [-0.4, -0.2) is 34.6 Å². The number of hydrogen-bond donors (Lipinski definition) is 2. The minimum Gasteiger partial charge on any atom is -0.379 e. The lowest BCUT2D eigenvalue weighted by molar-refractivity contribution is -0.134. The van der Waals surface area contributed by atoms with Crippen LogP contribution in [0.2, 0.25) is 5.02 Å². The van der Waals surface area contributed by atoms with Crippen LogP contribution in [0.25, 0.3) is 10.8 Å². The maximum atomic E-state index is 11.3. The molecule has 1 unspecified atom stereocenters. The van der Waals surface area contributed by atoms with Gasteiger partial charge in [0.2, 0.25) is 0 Å². The Labute approximate surface area is 128 Å². The Morgan fingerprint density at radius 3 is 2.86 bits per heavy atom. The number of halogens is 1. The number of carbonyl (C=O) groups is 1. The second-order valence-electron chi connectivity index (χ2n) is 5.64. The fraction of sp³-hybridized carbons (Fsp3) is 0.312. The highest BCUT2D eigenvalue weighted by Crippen LogP contribution is 2.28. The monoisotopic (exact) mass is 304 g/mol. The fourth-order valence-corrected chi connectivity index (χ4v) is 3.18. The normalized spacial score (nSPS) is 22.8. The Balaban J connectivity index is 1.88. The van der Waals surface area contributed by atoms with Crippen molar-refractivity contribution in [2.24, 2.45) is 5.73 Å². The van der Waals surface area contributed by atoms with E-state index in [1.165, 1.54) is 0 Å². The van der Waals surface area contributed by atoms with E-state index in [0.29, 0.717) is 24.5 Å². The van der Waals surface area contributed by atoms with Gasteiger partial charge in [0.15, 0.2) is 5.60 Å². The van der Waals surface area contributed by atoms with Gasteiger partial charge in [-0.25, -0.2) is 0 Å². The summed E-state index contributed by atoms with van der Waals surface area (Å²) in [6, 6.07) is 11.9. The zero-order valence-corrected chi connectivity index (χ0v) is 12.3. The molecule has 1 amide bonds. The van der Waals surface area contributed by atoms with E-state index in [4.69, 9.17) is 17.3 Å². The molecule has 1 heterocycles. The first-order chi connectivity index (χ1) is 9.98. The molecule has 110 valence electrons. The zero-order chi connectivity index (χ0) is 15.0. The maximum Gasteiger partial charge on any atom is 0.250 e. The molecule has 1 fully saturated rings. The van der Waals surface area contributed by atoms with E-state index >= 15 is 0 Å². The van der Waals surface area contributed by atoms with Crippen LogP contribution in [0.15, 0.2) is 36.4 Å². The van der Waals surface area contributed by atoms with Crippen LogP contribution in [0, 0.1) is 0 Å². The molecule has 1 atom stereocenters. The molecule has 1 aliphatic rings. The molecule has 1 saturated heterocycles. The lowest BCUT2D eigenvalue weighted by Crippen LogP contribution is -2.45. The van der Waals surface area contributed by atoms with Gasteiger partial charge in [0, 0.05) is 24.7 Å². The quantitative estimate of drug-likeness (QED) is 0.910. The molecule has 21 heavy (non-hydrogen) atoms. The third-order valence-corrected chi connectivity index (χ3v) is 4.31. The Bertz CT molecular complexity index is 704. The predicted octanol–water partition coefficient (Wildman–Crippen LogP) is 1.92. The topological polar surface area (TPSA) is 66.6 Å². The van der Waals surface area contributed by atoms with Crippen molar-refractivity contribution in [1.82, 2.24) is 4.90 Å². The molecule has 5 heteroatoms. The Morgan fingerprint density at radius 1 is 1.38 bits per heavy atom. The van der Waals surface area contributed by atoms with Crippen LogP contribution >= 0.6 is 11.6 Å². The summed E-state index contributed by atoms with van der Waals surface area (Å²) >= 11 is 6.17. The van der Waals surface area contributed by atoms with Crippen LogP contribution in [-0.2, 0) is 11.3 Å². The Morgan fingerprint density at radius 2 is 2.14 bits per heavy atom. The van der Waals surface area contributed by atoms with Crippen molar-refractivity contribution in [3.63, 3.8) is 0 Å². The number of primary amides is 1. The number of nitrogens with zero attached hydrogens (tertiary/aromatic N) is 1. The minimum absolute atomic E-state index is 0.267. The van der Waals surface area contributed by atoms with Gasteiger partial charge in [-0.3, -0.25) is 9.69 Å². The molecule has 1 aliphatic heterocycles. The first-order valence-electron chi connectivity index (χ1n) is 6.90. The van der Waals surface area contributed by atoms with Gasteiger partial charge in [0.1, 0.15) is 0 Å². The molecule has 3 rings (SSSR count). The predicted molar refractivity (Wildman–Crippen MR) is 83.0 cm³/mol. The number of likely N-dealkylation sites (tertiary alicyclic amines) is 1. The molecular weight excluding hydrogens is 288 g/mol. The van der Waals surface area contributed by atoms with E-state index in [-0.39, 0.29) is 6.54 Å². The van der Waals surface area contributed by atoms with Gasteiger partial charge < -0.3 is 10.8 Å². The van der Waals surface area contributed by atoms with Crippen molar-refractivity contribution >= 4 is 28.3 Å². The molecule has 0 aromatic heterocycles. The third-order valence-electron chi connectivity index (χ3n) is 4.09. The molecule has 0 radical (unpaired) electrons. The number of benzene rings is 2. The van der Waals surface area contributed by atoms with Crippen molar-refractivity contribution in [3.05, 3.63) is 47.0 Å². The molecule has 4 nitrogen and oxygen atoms in total. The summed E-state index contributed by atoms with van der Waals surface area (Å²) in [7, 11) is 0. The highest BCUT2D eigenvalue weighted by atomic mass is 35.5. The second-order valence-corrected chi connectivity index (χ2v) is 6.08. The highest BCUT2D eigenvalue weighted by molar-refractivity contribution is 6.31. The van der Waals surface area contributed by atoms with Crippen molar-refractivity contribution < 1.29 is 9.90 Å². The van der Waals surface area contributed by atoms with E-state index in [1.807, 2.05) is 35.2 Å². The van der Waals surface area contributed by atoms with Crippen molar-refractivity contribution in [2.75, 3.05) is 13.1 Å². The lowest BCUT2D eigenvalue weighted by Gasteiger charge is -2.20. The molecule has 2 aromatic rings. The molecule has 0 aliphatic carbocycles. The van der Waals surface area contributed by atoms with E-state index < -0.39 is 11.5 Å². The van der Waals surface area contributed by atoms with Crippen LogP contribution in [0.5, 0.6) is 0 Å². The van der Waals surface area contributed by atoms with Gasteiger partial charge in [0.05, 0.1) is 0 Å². The molecule has 2 aromatic carbocycles.